The Labute approximate surface area is 168 Å². The summed E-state index contributed by atoms with van der Waals surface area (Å²) in [6.45, 7) is -1.16. The van der Waals surface area contributed by atoms with E-state index in [1.165, 1.54) is 25.4 Å². The lowest BCUT2D eigenvalue weighted by atomic mass is 10.2. The zero-order chi connectivity index (χ0) is 22.5. The van der Waals surface area contributed by atoms with Crippen LogP contribution in [0.5, 0.6) is 5.75 Å². The molecule has 0 fully saturated rings. The fourth-order valence-corrected chi connectivity index (χ4v) is 2.40. The number of nitrogens with zero attached hydrogens (tertiary/aromatic N) is 3. The van der Waals surface area contributed by atoms with Gasteiger partial charge in [-0.15, -0.1) is 0 Å². The molecule has 1 aromatic carbocycles. The number of hydrogen-bond acceptors (Lipinski definition) is 7. The molecule has 0 spiro atoms. The Morgan fingerprint density at radius 2 is 1.67 bits per heavy atom. The van der Waals surface area contributed by atoms with Gasteiger partial charge in [-0.2, -0.15) is 18.3 Å². The molecule has 2 aromatic rings. The van der Waals surface area contributed by atoms with Crippen LogP contribution < -0.4 is 4.74 Å². The van der Waals surface area contributed by atoms with Crippen molar-refractivity contribution in [3.05, 3.63) is 41.7 Å². The van der Waals surface area contributed by atoms with Gasteiger partial charge >= 0.3 is 18.1 Å². The van der Waals surface area contributed by atoms with Gasteiger partial charge in [0.15, 0.2) is 11.4 Å². The summed E-state index contributed by atoms with van der Waals surface area (Å²) in [6.07, 6.45) is -3.36. The molecule has 2 rings (SSSR count). The van der Waals surface area contributed by atoms with Crippen molar-refractivity contribution in [2.75, 3.05) is 34.4 Å². The summed E-state index contributed by atoms with van der Waals surface area (Å²) in [5.74, 6) is -2.56. The molecule has 30 heavy (non-hydrogen) atoms. The van der Waals surface area contributed by atoms with E-state index in [2.05, 4.69) is 14.6 Å². The van der Waals surface area contributed by atoms with Crippen LogP contribution in [0.1, 0.15) is 16.1 Å². The molecule has 0 radical (unpaired) electrons. The van der Waals surface area contributed by atoms with Crippen LogP contribution in [-0.2, 0) is 25.2 Å². The largest absolute Gasteiger partial charge is 0.493 e. The Balaban J connectivity index is 2.43. The average Bonchev–Trinajstić information content (AvgIpc) is 3.16. The molecule has 1 aromatic heterocycles. The number of carbonyl (C=O) groups is 3. The zero-order valence-electron chi connectivity index (χ0n) is 16.2. The molecule has 12 heteroatoms. The molecule has 0 atom stereocenters. The third kappa shape index (κ3) is 5.27. The summed E-state index contributed by atoms with van der Waals surface area (Å²) < 4.78 is 54.1. The number of aromatic nitrogens is 2. The van der Waals surface area contributed by atoms with E-state index in [0.717, 1.165) is 35.9 Å². The predicted molar refractivity (Wildman–Crippen MR) is 95.1 cm³/mol. The monoisotopic (exact) mass is 429 g/mol. The van der Waals surface area contributed by atoms with E-state index in [1.54, 1.807) is 0 Å². The van der Waals surface area contributed by atoms with Gasteiger partial charge < -0.3 is 19.1 Å². The second-order valence-electron chi connectivity index (χ2n) is 5.85. The number of methoxy groups -OCH3 is 3. The Hall–Kier alpha value is -3.57. The summed E-state index contributed by atoms with van der Waals surface area (Å²) in [4.78, 5) is 36.9. The van der Waals surface area contributed by atoms with Crippen LogP contribution in [0, 0.1) is 0 Å². The Morgan fingerprint density at radius 3 is 2.17 bits per heavy atom. The van der Waals surface area contributed by atoms with Gasteiger partial charge in [0.1, 0.15) is 13.1 Å². The molecule has 1 heterocycles. The van der Waals surface area contributed by atoms with Crippen molar-refractivity contribution >= 4 is 17.8 Å². The SMILES string of the molecule is COC(=O)CN(CC(=O)OC)C(=O)c1nn(-c2cccc(C(F)(F)F)c2)cc1OC. The van der Waals surface area contributed by atoms with Crippen molar-refractivity contribution in [1.82, 2.24) is 14.7 Å². The molecular formula is C18H18F3N3O6. The zero-order valence-corrected chi connectivity index (χ0v) is 16.2. The molecule has 0 aliphatic heterocycles. The number of rotatable bonds is 7. The average molecular weight is 429 g/mol. The fraction of sp³-hybridized carbons (Fsp3) is 0.333. The second kappa shape index (κ2) is 9.29. The van der Waals surface area contributed by atoms with Gasteiger partial charge in [-0.25, -0.2) is 4.68 Å². The minimum atomic E-state index is -4.57. The molecule has 0 saturated heterocycles. The van der Waals surface area contributed by atoms with Gasteiger partial charge in [0.05, 0.1) is 38.8 Å². The van der Waals surface area contributed by atoms with Crippen molar-refractivity contribution < 1.29 is 41.8 Å². The standard InChI is InChI=1S/C18H18F3N3O6/c1-28-13-8-24(12-6-4-5-11(7-12)18(19,20)21)22-16(13)17(27)23(9-14(25)29-2)10-15(26)30-3/h4-8H,9-10H2,1-3H3. The first kappa shape index (κ1) is 22.7. The summed E-state index contributed by atoms with van der Waals surface area (Å²) in [6, 6.07) is 4.29. The predicted octanol–water partition coefficient (Wildman–Crippen LogP) is 1.69. The summed E-state index contributed by atoms with van der Waals surface area (Å²) in [5.41, 5.74) is -1.20. The maximum atomic E-state index is 13.0. The lowest BCUT2D eigenvalue weighted by Crippen LogP contribution is -2.40. The highest BCUT2D eigenvalue weighted by Crippen LogP contribution is 2.31. The molecule has 0 aliphatic rings. The molecule has 9 nitrogen and oxygen atoms in total. The Kier molecular flexibility index (Phi) is 7.03. The first-order valence-electron chi connectivity index (χ1n) is 8.35. The highest BCUT2D eigenvalue weighted by atomic mass is 19.4. The van der Waals surface area contributed by atoms with Gasteiger partial charge in [-0.3, -0.25) is 14.4 Å². The normalized spacial score (nSPS) is 11.0. The number of halogens is 3. The van der Waals surface area contributed by atoms with E-state index in [1.807, 2.05) is 0 Å². The van der Waals surface area contributed by atoms with Crippen molar-refractivity contribution in [2.45, 2.75) is 6.18 Å². The van der Waals surface area contributed by atoms with Crippen molar-refractivity contribution in [3.63, 3.8) is 0 Å². The molecule has 162 valence electrons. The Bertz CT molecular complexity index is 923. The van der Waals surface area contributed by atoms with Gasteiger partial charge in [0.2, 0.25) is 0 Å². The van der Waals surface area contributed by atoms with Gasteiger partial charge in [-0.05, 0) is 18.2 Å². The van der Waals surface area contributed by atoms with Crippen LogP contribution in [0.2, 0.25) is 0 Å². The van der Waals surface area contributed by atoms with E-state index in [9.17, 15) is 27.6 Å². The molecule has 0 saturated carbocycles. The number of hydrogen-bond donors (Lipinski definition) is 0. The third-order valence-electron chi connectivity index (χ3n) is 3.92. The lowest BCUT2D eigenvalue weighted by molar-refractivity contribution is -0.144. The summed E-state index contributed by atoms with van der Waals surface area (Å²) in [5, 5.41) is 3.99. The van der Waals surface area contributed by atoms with Crippen LogP contribution in [0.25, 0.3) is 5.69 Å². The van der Waals surface area contributed by atoms with E-state index < -0.39 is 42.7 Å². The van der Waals surface area contributed by atoms with Crippen LogP contribution in [0.4, 0.5) is 13.2 Å². The quantitative estimate of drug-likeness (QED) is 0.618. The second-order valence-corrected chi connectivity index (χ2v) is 5.85. The van der Waals surface area contributed by atoms with E-state index in [0.29, 0.717) is 0 Å². The summed E-state index contributed by atoms with van der Waals surface area (Å²) in [7, 11) is 3.44. The molecule has 0 aliphatic carbocycles. The number of alkyl halides is 3. The number of ether oxygens (including phenoxy) is 3. The van der Waals surface area contributed by atoms with Crippen LogP contribution >= 0.6 is 0 Å². The third-order valence-corrected chi connectivity index (χ3v) is 3.92. The van der Waals surface area contributed by atoms with Gasteiger partial charge in [0, 0.05) is 0 Å². The van der Waals surface area contributed by atoms with Crippen LogP contribution in [0.15, 0.2) is 30.5 Å². The first-order chi connectivity index (χ1) is 14.1. The highest BCUT2D eigenvalue weighted by molar-refractivity contribution is 5.98. The molecule has 1 amide bonds. The first-order valence-corrected chi connectivity index (χ1v) is 8.35. The number of benzene rings is 1. The number of carbonyl (C=O) groups excluding carboxylic acids is 3. The topological polar surface area (TPSA) is 100.0 Å². The molecule has 0 bridgehead atoms. The summed E-state index contributed by atoms with van der Waals surface area (Å²) >= 11 is 0. The maximum absolute atomic E-state index is 13.0. The fourth-order valence-electron chi connectivity index (χ4n) is 2.40. The van der Waals surface area contributed by atoms with Crippen molar-refractivity contribution in [1.29, 1.82) is 0 Å². The van der Waals surface area contributed by atoms with E-state index >= 15 is 0 Å². The smallest absolute Gasteiger partial charge is 0.416 e. The molecular weight excluding hydrogens is 411 g/mol. The molecule has 0 unspecified atom stereocenters. The minimum Gasteiger partial charge on any atom is -0.493 e. The molecule has 0 N–H and O–H groups in total. The maximum Gasteiger partial charge on any atom is 0.416 e. The minimum absolute atomic E-state index is 0.0228. The number of esters is 2. The lowest BCUT2D eigenvalue weighted by Gasteiger charge is -2.19. The Morgan fingerprint density at radius 1 is 1.07 bits per heavy atom. The van der Waals surface area contributed by atoms with Gasteiger partial charge in [-0.1, -0.05) is 6.07 Å². The van der Waals surface area contributed by atoms with Crippen molar-refractivity contribution in [2.24, 2.45) is 0 Å². The van der Waals surface area contributed by atoms with Crippen LogP contribution in [0.3, 0.4) is 0 Å². The van der Waals surface area contributed by atoms with Crippen molar-refractivity contribution in [3.8, 4) is 11.4 Å². The van der Waals surface area contributed by atoms with Gasteiger partial charge in [0.25, 0.3) is 5.91 Å². The van der Waals surface area contributed by atoms with E-state index in [4.69, 9.17) is 4.74 Å². The highest BCUT2D eigenvalue weighted by Gasteiger charge is 2.31. The van der Waals surface area contributed by atoms with Crippen LogP contribution in [-0.4, -0.2) is 66.9 Å². The number of amides is 1. The van der Waals surface area contributed by atoms with E-state index in [-0.39, 0.29) is 17.1 Å².